The highest BCUT2D eigenvalue weighted by atomic mass is 16.5. The molecule has 0 aliphatic heterocycles. The van der Waals surface area contributed by atoms with Crippen LogP contribution >= 0.6 is 0 Å². The minimum atomic E-state index is -0.261. The molecule has 0 aliphatic carbocycles. The van der Waals surface area contributed by atoms with E-state index in [0.29, 0.717) is 22.7 Å². The lowest BCUT2D eigenvalue weighted by Gasteiger charge is -2.25. The SMILES string of the molecule is COc1ccccc1NC(=O)c1ccc(NC(=O)CN(C)C(C)c2ccccc2OC)cc1. The summed E-state index contributed by atoms with van der Waals surface area (Å²) in [4.78, 5) is 27.1. The van der Waals surface area contributed by atoms with Crippen molar-refractivity contribution in [2.75, 3.05) is 38.4 Å². The van der Waals surface area contributed by atoms with Gasteiger partial charge in [0, 0.05) is 22.9 Å². The zero-order valence-corrected chi connectivity index (χ0v) is 19.3. The maximum Gasteiger partial charge on any atom is 0.255 e. The summed E-state index contributed by atoms with van der Waals surface area (Å²) in [6.45, 7) is 2.23. The van der Waals surface area contributed by atoms with Gasteiger partial charge in [0.25, 0.3) is 5.91 Å². The molecule has 0 bridgehead atoms. The molecule has 7 heteroatoms. The number of ether oxygens (including phenoxy) is 2. The number of nitrogens with zero attached hydrogens (tertiary/aromatic N) is 1. The fraction of sp³-hybridized carbons (Fsp3) is 0.231. The summed E-state index contributed by atoms with van der Waals surface area (Å²) in [5.41, 5.74) is 2.70. The average Bonchev–Trinajstić information content (AvgIpc) is 2.84. The Morgan fingerprint density at radius 3 is 2.12 bits per heavy atom. The molecule has 2 amide bonds. The second-order valence-electron chi connectivity index (χ2n) is 7.61. The monoisotopic (exact) mass is 447 g/mol. The van der Waals surface area contributed by atoms with Crippen molar-refractivity contribution >= 4 is 23.2 Å². The lowest BCUT2D eigenvalue weighted by atomic mass is 10.1. The smallest absolute Gasteiger partial charge is 0.255 e. The van der Waals surface area contributed by atoms with Crippen LogP contribution in [0.25, 0.3) is 0 Å². The van der Waals surface area contributed by atoms with Crippen molar-refractivity contribution in [3.05, 3.63) is 83.9 Å². The van der Waals surface area contributed by atoms with E-state index in [1.165, 1.54) is 0 Å². The molecule has 7 nitrogen and oxygen atoms in total. The van der Waals surface area contributed by atoms with E-state index in [0.717, 1.165) is 11.3 Å². The summed E-state index contributed by atoms with van der Waals surface area (Å²) in [5, 5.41) is 5.71. The van der Waals surface area contributed by atoms with Gasteiger partial charge in [-0.3, -0.25) is 14.5 Å². The van der Waals surface area contributed by atoms with Gasteiger partial charge in [-0.05, 0) is 56.4 Å². The number of carbonyl (C=O) groups excluding carboxylic acids is 2. The summed E-state index contributed by atoms with van der Waals surface area (Å²) in [5.74, 6) is 0.966. The van der Waals surface area contributed by atoms with Crippen LogP contribution in [0, 0.1) is 0 Å². The first-order valence-corrected chi connectivity index (χ1v) is 10.6. The van der Waals surface area contributed by atoms with E-state index in [9.17, 15) is 9.59 Å². The van der Waals surface area contributed by atoms with Crippen molar-refractivity contribution in [2.24, 2.45) is 0 Å². The van der Waals surface area contributed by atoms with Gasteiger partial charge in [0.05, 0.1) is 26.5 Å². The number of anilines is 2. The number of methoxy groups -OCH3 is 2. The van der Waals surface area contributed by atoms with Gasteiger partial charge in [0.1, 0.15) is 11.5 Å². The van der Waals surface area contributed by atoms with Crippen LogP contribution in [-0.2, 0) is 4.79 Å². The average molecular weight is 448 g/mol. The number of hydrogen-bond acceptors (Lipinski definition) is 5. The molecule has 0 saturated carbocycles. The van der Waals surface area contributed by atoms with Gasteiger partial charge >= 0.3 is 0 Å². The molecule has 0 saturated heterocycles. The third-order valence-electron chi connectivity index (χ3n) is 5.43. The molecule has 0 radical (unpaired) electrons. The largest absolute Gasteiger partial charge is 0.496 e. The minimum absolute atomic E-state index is 0.00653. The lowest BCUT2D eigenvalue weighted by Crippen LogP contribution is -2.32. The maximum absolute atomic E-state index is 12.6. The molecule has 1 unspecified atom stereocenters. The van der Waals surface area contributed by atoms with Crippen molar-refractivity contribution in [1.82, 2.24) is 4.90 Å². The van der Waals surface area contributed by atoms with Crippen LogP contribution in [0.2, 0.25) is 0 Å². The quantitative estimate of drug-likeness (QED) is 0.502. The Balaban J connectivity index is 1.58. The number of rotatable bonds is 9. The van der Waals surface area contributed by atoms with Crippen LogP contribution in [-0.4, -0.2) is 44.5 Å². The van der Waals surface area contributed by atoms with Crippen LogP contribution in [0.5, 0.6) is 11.5 Å². The van der Waals surface area contributed by atoms with Crippen molar-refractivity contribution in [3.8, 4) is 11.5 Å². The summed E-state index contributed by atoms with van der Waals surface area (Å²) in [6, 6.07) is 21.7. The molecule has 172 valence electrons. The first kappa shape index (κ1) is 23.8. The third-order valence-corrected chi connectivity index (χ3v) is 5.43. The zero-order chi connectivity index (χ0) is 23.8. The van der Waals surface area contributed by atoms with E-state index < -0.39 is 0 Å². The Morgan fingerprint density at radius 1 is 0.848 bits per heavy atom. The Bertz CT molecular complexity index is 1100. The molecule has 0 spiro atoms. The van der Waals surface area contributed by atoms with E-state index in [4.69, 9.17) is 9.47 Å². The number of hydrogen-bond donors (Lipinski definition) is 2. The van der Waals surface area contributed by atoms with E-state index in [-0.39, 0.29) is 24.4 Å². The van der Waals surface area contributed by atoms with Crippen LogP contribution < -0.4 is 20.1 Å². The topological polar surface area (TPSA) is 79.9 Å². The van der Waals surface area contributed by atoms with Crippen LogP contribution in [0.4, 0.5) is 11.4 Å². The highest BCUT2D eigenvalue weighted by Gasteiger charge is 2.18. The van der Waals surface area contributed by atoms with Crippen molar-refractivity contribution in [2.45, 2.75) is 13.0 Å². The maximum atomic E-state index is 12.6. The first-order chi connectivity index (χ1) is 15.9. The fourth-order valence-corrected chi connectivity index (χ4v) is 3.46. The van der Waals surface area contributed by atoms with Gasteiger partial charge in [-0.15, -0.1) is 0 Å². The predicted molar refractivity (Wildman–Crippen MR) is 130 cm³/mol. The second kappa shape index (κ2) is 11.2. The molecule has 0 heterocycles. The zero-order valence-electron chi connectivity index (χ0n) is 19.3. The number of para-hydroxylation sites is 3. The Hall–Kier alpha value is -3.84. The van der Waals surface area contributed by atoms with Crippen molar-refractivity contribution in [3.63, 3.8) is 0 Å². The number of nitrogens with one attached hydrogen (secondary N) is 2. The lowest BCUT2D eigenvalue weighted by molar-refractivity contribution is -0.117. The van der Waals surface area contributed by atoms with Gasteiger partial charge in [-0.1, -0.05) is 30.3 Å². The second-order valence-corrected chi connectivity index (χ2v) is 7.61. The van der Waals surface area contributed by atoms with Gasteiger partial charge in [0.2, 0.25) is 5.91 Å². The standard InChI is InChI=1S/C26H29N3O4/c1-18(21-9-5-7-11-23(21)32-3)29(2)17-25(30)27-20-15-13-19(14-16-20)26(31)28-22-10-6-8-12-24(22)33-4/h5-16,18H,17H2,1-4H3,(H,27,30)(H,28,31). The number of carbonyl (C=O) groups is 2. The molecular formula is C26H29N3O4. The van der Waals surface area contributed by atoms with Crippen LogP contribution in [0.1, 0.15) is 28.9 Å². The molecule has 1 atom stereocenters. The van der Waals surface area contributed by atoms with Crippen molar-refractivity contribution in [1.29, 1.82) is 0 Å². The van der Waals surface area contributed by atoms with Crippen LogP contribution in [0.3, 0.4) is 0 Å². The molecule has 3 aromatic carbocycles. The highest BCUT2D eigenvalue weighted by Crippen LogP contribution is 2.28. The number of benzene rings is 3. The summed E-state index contributed by atoms with van der Waals surface area (Å²) in [7, 11) is 5.08. The normalized spacial score (nSPS) is 11.5. The van der Waals surface area contributed by atoms with Gasteiger partial charge in [0.15, 0.2) is 0 Å². The summed E-state index contributed by atoms with van der Waals surface area (Å²) < 4.78 is 10.7. The van der Waals surface area contributed by atoms with Gasteiger partial charge in [-0.2, -0.15) is 0 Å². The Morgan fingerprint density at radius 2 is 1.45 bits per heavy atom. The molecule has 0 aromatic heterocycles. The highest BCUT2D eigenvalue weighted by molar-refractivity contribution is 6.05. The van der Waals surface area contributed by atoms with Crippen LogP contribution in [0.15, 0.2) is 72.8 Å². The molecule has 0 fully saturated rings. The predicted octanol–water partition coefficient (Wildman–Crippen LogP) is 4.59. The molecule has 2 N–H and O–H groups in total. The molecule has 3 aromatic rings. The van der Waals surface area contributed by atoms with Crippen molar-refractivity contribution < 1.29 is 19.1 Å². The summed E-state index contributed by atoms with van der Waals surface area (Å²) >= 11 is 0. The third kappa shape index (κ3) is 6.11. The van der Waals surface area contributed by atoms with Gasteiger partial charge in [-0.25, -0.2) is 0 Å². The Labute approximate surface area is 194 Å². The number of amides is 2. The number of likely N-dealkylation sites (N-methyl/N-ethyl adjacent to an activating group) is 1. The van der Waals surface area contributed by atoms with E-state index >= 15 is 0 Å². The first-order valence-electron chi connectivity index (χ1n) is 10.6. The molecule has 0 aliphatic rings. The molecular weight excluding hydrogens is 418 g/mol. The summed E-state index contributed by atoms with van der Waals surface area (Å²) in [6.07, 6.45) is 0. The minimum Gasteiger partial charge on any atom is -0.496 e. The van der Waals surface area contributed by atoms with Gasteiger partial charge < -0.3 is 20.1 Å². The van der Waals surface area contributed by atoms with E-state index in [1.54, 1.807) is 50.6 Å². The molecule has 3 rings (SSSR count). The Kier molecular flexibility index (Phi) is 8.05. The molecule has 33 heavy (non-hydrogen) atoms. The van der Waals surface area contributed by atoms with E-state index in [2.05, 4.69) is 10.6 Å². The fourth-order valence-electron chi connectivity index (χ4n) is 3.46. The van der Waals surface area contributed by atoms with E-state index in [1.807, 2.05) is 55.3 Å².